The van der Waals surface area contributed by atoms with Gasteiger partial charge in [0.1, 0.15) is 11.4 Å². The Kier molecular flexibility index (Phi) is 8.03. The maximum absolute atomic E-state index is 13.0. The number of carbonyl (C=O) groups excluding carboxylic acids is 1. The van der Waals surface area contributed by atoms with E-state index in [0.717, 1.165) is 16.8 Å². The highest BCUT2D eigenvalue weighted by Crippen LogP contribution is 2.34. The van der Waals surface area contributed by atoms with Gasteiger partial charge in [-0.1, -0.05) is 66.2 Å². The fraction of sp³-hybridized carbons (Fsp3) is 0.0667. The number of hydrogen-bond donors (Lipinski definition) is 5. The number of nitrogens with zero attached hydrogens (tertiary/aromatic N) is 2. The number of aromatic nitrogens is 3. The lowest BCUT2D eigenvalue weighted by molar-refractivity contribution is 0.0528. The topological polar surface area (TPSA) is 128 Å². The molecule has 2 aromatic heterocycles. The minimum Gasteiger partial charge on any atom is -0.462 e. The summed E-state index contributed by atoms with van der Waals surface area (Å²) >= 11 is 6.06. The van der Waals surface area contributed by atoms with Crippen LogP contribution in [0.3, 0.4) is 0 Å². The predicted molar refractivity (Wildman–Crippen MR) is 159 cm³/mol. The van der Waals surface area contributed by atoms with Gasteiger partial charge < -0.3 is 25.7 Å². The lowest BCUT2D eigenvalue weighted by Gasteiger charge is -2.15. The van der Waals surface area contributed by atoms with Gasteiger partial charge >= 0.3 is 5.97 Å². The average Bonchev–Trinajstić information content (AvgIpc) is 3.39. The molecule has 9 nitrogen and oxygen atoms in total. The largest absolute Gasteiger partial charge is 0.462 e. The Labute approximate surface area is 236 Å². The molecule has 5 aromatic rings. The van der Waals surface area contributed by atoms with Gasteiger partial charge in [-0.15, -0.1) is 10.2 Å². The Morgan fingerprint density at radius 3 is 2.30 bits per heavy atom. The summed E-state index contributed by atoms with van der Waals surface area (Å²) in [5.74, 6) is 0.409. The van der Waals surface area contributed by atoms with Crippen LogP contribution in [0.5, 0.6) is 0 Å². The van der Waals surface area contributed by atoms with Crippen LogP contribution in [0.2, 0.25) is 5.02 Å². The van der Waals surface area contributed by atoms with Crippen LogP contribution in [0, 0.1) is 5.41 Å². The summed E-state index contributed by atoms with van der Waals surface area (Å²) in [4.78, 5) is 16.1. The number of anilines is 4. The highest BCUT2D eigenvalue weighted by atomic mass is 35.5. The van der Waals surface area contributed by atoms with Crippen molar-refractivity contribution in [2.45, 2.75) is 6.92 Å². The molecule has 0 aliphatic heterocycles. The van der Waals surface area contributed by atoms with Crippen molar-refractivity contribution in [1.82, 2.24) is 15.2 Å². The fourth-order valence-corrected chi connectivity index (χ4v) is 4.21. The zero-order valence-electron chi connectivity index (χ0n) is 21.5. The lowest BCUT2D eigenvalue weighted by atomic mass is 10.0. The molecule has 10 heteroatoms. The molecule has 0 spiro atoms. The molecular weight excluding hydrogens is 526 g/mol. The number of hydrogen-bond acceptors (Lipinski definition) is 6. The van der Waals surface area contributed by atoms with Crippen molar-refractivity contribution >= 4 is 46.5 Å². The summed E-state index contributed by atoms with van der Waals surface area (Å²) in [7, 11) is 0. The van der Waals surface area contributed by atoms with Gasteiger partial charge in [0.2, 0.25) is 0 Å². The number of aromatic amines is 1. The summed E-state index contributed by atoms with van der Waals surface area (Å²) in [6.07, 6.45) is 1.75. The Bertz CT molecular complexity index is 1620. The molecule has 0 bridgehead atoms. The van der Waals surface area contributed by atoms with Gasteiger partial charge in [0.05, 0.1) is 23.7 Å². The van der Waals surface area contributed by atoms with Gasteiger partial charge in [-0.2, -0.15) is 0 Å². The smallest absolute Gasteiger partial charge is 0.342 e. The second-order valence-electron chi connectivity index (χ2n) is 8.65. The maximum Gasteiger partial charge on any atom is 0.342 e. The SMILES string of the molecule is CCOC(=O)c1c(-c2ccc(Cl)cc2)c[nH]c1Nc1ccccc1NC(=N)Nc1ccc(-c2ccccc2)nn1. The van der Waals surface area contributed by atoms with E-state index in [1.165, 1.54) is 0 Å². The lowest BCUT2D eigenvalue weighted by Crippen LogP contribution is -2.22. The van der Waals surface area contributed by atoms with Crippen LogP contribution >= 0.6 is 11.6 Å². The molecule has 0 amide bonds. The highest BCUT2D eigenvalue weighted by Gasteiger charge is 2.22. The third-order valence-corrected chi connectivity index (χ3v) is 6.20. The van der Waals surface area contributed by atoms with Crippen LogP contribution in [0.15, 0.2) is 97.2 Å². The first kappa shape index (κ1) is 26.5. The minimum atomic E-state index is -0.464. The Morgan fingerprint density at radius 2 is 1.60 bits per heavy atom. The number of guanidine groups is 1. The molecular formula is C30H26ClN7O2. The van der Waals surface area contributed by atoms with E-state index in [-0.39, 0.29) is 12.6 Å². The Morgan fingerprint density at radius 1 is 0.875 bits per heavy atom. The van der Waals surface area contributed by atoms with Crippen molar-refractivity contribution < 1.29 is 9.53 Å². The van der Waals surface area contributed by atoms with Gasteiger partial charge in [0.25, 0.3) is 0 Å². The molecule has 5 N–H and O–H groups in total. The number of halogens is 1. The number of carbonyl (C=O) groups is 1. The van der Waals surface area contributed by atoms with Crippen LogP contribution in [0.4, 0.5) is 23.0 Å². The molecule has 0 unspecified atom stereocenters. The third kappa shape index (κ3) is 6.11. The summed E-state index contributed by atoms with van der Waals surface area (Å²) in [5, 5.41) is 26.7. The number of rotatable bonds is 8. The maximum atomic E-state index is 13.0. The normalized spacial score (nSPS) is 10.6. The molecule has 0 aliphatic rings. The zero-order chi connectivity index (χ0) is 27.9. The quantitative estimate of drug-likeness (QED) is 0.0785. The molecule has 5 rings (SSSR count). The molecule has 2 heterocycles. The van der Waals surface area contributed by atoms with Crippen LogP contribution in [-0.2, 0) is 4.74 Å². The van der Waals surface area contributed by atoms with Crippen molar-refractivity contribution in [2.24, 2.45) is 0 Å². The molecule has 0 aliphatic carbocycles. The molecule has 0 atom stereocenters. The van der Waals surface area contributed by atoms with Crippen LogP contribution in [0.25, 0.3) is 22.4 Å². The van der Waals surface area contributed by atoms with E-state index in [0.29, 0.717) is 39.2 Å². The number of nitrogens with one attached hydrogen (secondary N) is 5. The Balaban J connectivity index is 1.34. The van der Waals surface area contributed by atoms with Gasteiger partial charge in [0.15, 0.2) is 11.8 Å². The van der Waals surface area contributed by atoms with Crippen molar-refractivity contribution in [1.29, 1.82) is 5.41 Å². The van der Waals surface area contributed by atoms with E-state index in [9.17, 15) is 4.79 Å². The number of ether oxygens (including phenoxy) is 1. The molecule has 0 saturated carbocycles. The summed E-state index contributed by atoms with van der Waals surface area (Å²) in [6.45, 7) is 2.00. The average molecular weight is 552 g/mol. The third-order valence-electron chi connectivity index (χ3n) is 5.95. The first-order chi connectivity index (χ1) is 19.5. The van der Waals surface area contributed by atoms with Crippen molar-refractivity contribution in [3.63, 3.8) is 0 Å². The van der Waals surface area contributed by atoms with Gasteiger partial charge in [-0.3, -0.25) is 5.41 Å². The molecule has 40 heavy (non-hydrogen) atoms. The molecule has 200 valence electrons. The van der Waals surface area contributed by atoms with E-state index in [1.807, 2.05) is 72.8 Å². The second-order valence-corrected chi connectivity index (χ2v) is 9.08. The zero-order valence-corrected chi connectivity index (χ0v) is 22.3. The Hall–Kier alpha value is -5.15. The van der Waals surface area contributed by atoms with E-state index < -0.39 is 5.97 Å². The first-order valence-electron chi connectivity index (χ1n) is 12.5. The number of para-hydroxylation sites is 2. The summed E-state index contributed by atoms with van der Waals surface area (Å²) in [5.41, 5.74) is 4.78. The summed E-state index contributed by atoms with van der Waals surface area (Å²) in [6, 6.07) is 27.9. The molecule has 0 fully saturated rings. The molecule has 3 aromatic carbocycles. The fourth-order valence-electron chi connectivity index (χ4n) is 4.09. The standard InChI is InChI=1S/C30H26ClN7O2/c1-2-40-29(39)27-22(19-12-14-21(31)15-13-19)18-33-28(27)34-24-10-6-7-11-25(24)35-30(32)36-26-17-16-23(37-38-26)20-8-4-3-5-9-20/h3-18,33-34H,2H2,1H3,(H3,32,35,36,38). The van der Waals surface area contributed by atoms with E-state index in [2.05, 4.69) is 31.1 Å². The van der Waals surface area contributed by atoms with Gasteiger partial charge in [0, 0.05) is 22.3 Å². The van der Waals surface area contributed by atoms with E-state index in [4.69, 9.17) is 21.7 Å². The number of benzene rings is 3. The van der Waals surface area contributed by atoms with E-state index in [1.54, 1.807) is 31.3 Å². The monoisotopic (exact) mass is 551 g/mol. The predicted octanol–water partition coefficient (Wildman–Crippen LogP) is 7.17. The van der Waals surface area contributed by atoms with Crippen LogP contribution < -0.4 is 16.0 Å². The van der Waals surface area contributed by atoms with Crippen molar-refractivity contribution in [2.75, 3.05) is 22.6 Å². The van der Waals surface area contributed by atoms with Gasteiger partial charge in [-0.05, 0) is 48.9 Å². The van der Waals surface area contributed by atoms with Crippen molar-refractivity contribution in [3.05, 3.63) is 108 Å². The number of esters is 1. The van der Waals surface area contributed by atoms with Crippen molar-refractivity contribution in [3.8, 4) is 22.4 Å². The molecule has 0 saturated heterocycles. The van der Waals surface area contributed by atoms with Crippen LogP contribution in [-0.4, -0.2) is 33.7 Å². The number of H-pyrrole nitrogens is 1. The molecule has 0 radical (unpaired) electrons. The first-order valence-corrected chi connectivity index (χ1v) is 12.9. The summed E-state index contributed by atoms with van der Waals surface area (Å²) < 4.78 is 5.35. The highest BCUT2D eigenvalue weighted by molar-refractivity contribution is 6.30. The van der Waals surface area contributed by atoms with Gasteiger partial charge in [-0.25, -0.2) is 4.79 Å². The van der Waals surface area contributed by atoms with Crippen LogP contribution in [0.1, 0.15) is 17.3 Å². The minimum absolute atomic E-state index is 0.00466. The van der Waals surface area contributed by atoms with E-state index >= 15 is 0 Å². The second kappa shape index (κ2) is 12.1.